The van der Waals surface area contributed by atoms with Crippen LogP contribution in [0.2, 0.25) is 0 Å². The second-order valence-electron chi connectivity index (χ2n) is 2.08. The van der Waals surface area contributed by atoms with Gasteiger partial charge in [-0.15, -0.1) is 0 Å². The van der Waals surface area contributed by atoms with E-state index in [4.69, 9.17) is 4.89 Å². The van der Waals surface area contributed by atoms with Crippen LogP contribution in [0, 0.1) is 0 Å². The van der Waals surface area contributed by atoms with Crippen molar-refractivity contribution >= 4 is 13.8 Å². The SMILES string of the molecule is C=COC(C)=O.CCOP(=O)(O)OCC. The number of phosphoric ester groups is 1. The maximum Gasteiger partial charge on any atom is 0.472 e. The molecular formula is C8H17O6P. The molecule has 0 aliphatic rings. The van der Waals surface area contributed by atoms with Crippen LogP contribution in [0.3, 0.4) is 0 Å². The molecule has 0 aromatic carbocycles. The second-order valence-corrected chi connectivity index (χ2v) is 3.53. The fraction of sp³-hybridized carbons (Fsp3) is 0.625. The van der Waals surface area contributed by atoms with Crippen molar-refractivity contribution in [3.63, 3.8) is 0 Å². The average Bonchev–Trinajstić information content (AvgIpc) is 2.03. The second kappa shape index (κ2) is 9.86. The maximum absolute atomic E-state index is 10.5. The first-order chi connectivity index (χ1) is 6.89. The van der Waals surface area contributed by atoms with Crippen LogP contribution in [0.5, 0.6) is 0 Å². The summed E-state index contributed by atoms with van der Waals surface area (Å²) in [6, 6.07) is 0. The van der Waals surface area contributed by atoms with E-state index in [-0.39, 0.29) is 19.2 Å². The molecule has 1 N–H and O–H groups in total. The van der Waals surface area contributed by atoms with Gasteiger partial charge >= 0.3 is 13.8 Å². The van der Waals surface area contributed by atoms with Crippen LogP contribution in [0.4, 0.5) is 0 Å². The van der Waals surface area contributed by atoms with Gasteiger partial charge in [-0.3, -0.25) is 13.8 Å². The lowest BCUT2D eigenvalue weighted by molar-refractivity contribution is -0.135. The average molecular weight is 240 g/mol. The Morgan fingerprint density at radius 1 is 1.40 bits per heavy atom. The molecule has 0 amide bonds. The summed E-state index contributed by atoms with van der Waals surface area (Å²) in [6.45, 7) is 8.11. The van der Waals surface area contributed by atoms with Crippen molar-refractivity contribution in [1.29, 1.82) is 0 Å². The van der Waals surface area contributed by atoms with Gasteiger partial charge in [0.2, 0.25) is 0 Å². The third-order valence-electron chi connectivity index (χ3n) is 0.834. The van der Waals surface area contributed by atoms with Crippen molar-refractivity contribution in [3.05, 3.63) is 12.8 Å². The third-order valence-corrected chi connectivity index (χ3v) is 2.00. The van der Waals surface area contributed by atoms with Crippen molar-refractivity contribution < 1.29 is 28.0 Å². The highest BCUT2D eigenvalue weighted by molar-refractivity contribution is 7.47. The van der Waals surface area contributed by atoms with Crippen LogP contribution in [-0.2, 0) is 23.1 Å². The Morgan fingerprint density at radius 3 is 1.93 bits per heavy atom. The molecule has 0 bridgehead atoms. The highest BCUT2D eigenvalue weighted by Crippen LogP contribution is 2.42. The highest BCUT2D eigenvalue weighted by Gasteiger charge is 2.17. The smallest absolute Gasteiger partial charge is 0.435 e. The number of carbonyl (C=O) groups is 1. The monoisotopic (exact) mass is 240 g/mol. The largest absolute Gasteiger partial charge is 0.472 e. The Balaban J connectivity index is 0. The maximum atomic E-state index is 10.5. The summed E-state index contributed by atoms with van der Waals surface area (Å²) in [5, 5.41) is 0. The van der Waals surface area contributed by atoms with Gasteiger partial charge in [0.1, 0.15) is 0 Å². The van der Waals surface area contributed by atoms with E-state index in [1.54, 1.807) is 13.8 Å². The molecule has 0 aliphatic heterocycles. The van der Waals surface area contributed by atoms with Crippen molar-refractivity contribution in [2.24, 2.45) is 0 Å². The Labute approximate surface area is 89.5 Å². The van der Waals surface area contributed by atoms with E-state index in [0.29, 0.717) is 0 Å². The lowest BCUT2D eigenvalue weighted by Crippen LogP contribution is -1.93. The van der Waals surface area contributed by atoms with Crippen LogP contribution in [0.1, 0.15) is 20.8 Å². The molecule has 0 rings (SSSR count). The molecular weight excluding hydrogens is 223 g/mol. The van der Waals surface area contributed by atoms with E-state index in [9.17, 15) is 9.36 Å². The van der Waals surface area contributed by atoms with Gasteiger partial charge in [-0.25, -0.2) is 4.57 Å². The van der Waals surface area contributed by atoms with Crippen LogP contribution < -0.4 is 0 Å². The highest BCUT2D eigenvalue weighted by atomic mass is 31.2. The van der Waals surface area contributed by atoms with E-state index in [1.165, 1.54) is 6.92 Å². The topological polar surface area (TPSA) is 82.1 Å². The Bertz CT molecular complexity index is 217. The number of carbonyl (C=O) groups excluding carboxylic acids is 1. The molecule has 0 aromatic rings. The van der Waals surface area contributed by atoms with Crippen molar-refractivity contribution in [2.75, 3.05) is 13.2 Å². The van der Waals surface area contributed by atoms with Gasteiger partial charge in [0.05, 0.1) is 19.5 Å². The minimum Gasteiger partial charge on any atom is -0.435 e. The summed E-state index contributed by atoms with van der Waals surface area (Å²) in [5.74, 6) is -0.329. The van der Waals surface area contributed by atoms with Gasteiger partial charge < -0.3 is 9.63 Å². The molecule has 0 aliphatic carbocycles. The molecule has 15 heavy (non-hydrogen) atoms. The van der Waals surface area contributed by atoms with Crippen LogP contribution in [0.15, 0.2) is 12.8 Å². The molecule has 0 aromatic heterocycles. The summed E-state index contributed by atoms with van der Waals surface area (Å²) in [7, 11) is -3.69. The van der Waals surface area contributed by atoms with Crippen LogP contribution >= 0.6 is 7.82 Å². The zero-order valence-corrected chi connectivity index (χ0v) is 10.0. The van der Waals surface area contributed by atoms with E-state index in [0.717, 1.165) is 6.26 Å². The number of phosphoric acid groups is 1. The molecule has 0 unspecified atom stereocenters. The van der Waals surface area contributed by atoms with E-state index >= 15 is 0 Å². The summed E-state index contributed by atoms with van der Waals surface area (Å²) >= 11 is 0. The summed E-state index contributed by atoms with van der Waals surface area (Å²) in [5.41, 5.74) is 0. The molecule has 0 radical (unpaired) electrons. The number of ether oxygens (including phenoxy) is 1. The van der Waals surface area contributed by atoms with Crippen LogP contribution in [-0.4, -0.2) is 24.1 Å². The molecule has 0 fully saturated rings. The predicted molar refractivity (Wildman–Crippen MR) is 55.0 cm³/mol. The summed E-state index contributed by atoms with van der Waals surface area (Å²) in [6.07, 6.45) is 1.10. The van der Waals surface area contributed by atoms with Gasteiger partial charge in [-0.05, 0) is 13.8 Å². The molecule has 90 valence electrons. The lowest BCUT2D eigenvalue weighted by Gasteiger charge is -2.07. The Morgan fingerprint density at radius 2 is 1.80 bits per heavy atom. The summed E-state index contributed by atoms with van der Waals surface area (Å²) < 4.78 is 23.4. The Hall–Kier alpha value is -0.680. The molecule has 0 atom stereocenters. The minimum absolute atomic E-state index is 0.188. The molecule has 7 heteroatoms. The lowest BCUT2D eigenvalue weighted by atomic mass is 10.8. The molecule has 0 saturated heterocycles. The van der Waals surface area contributed by atoms with Crippen molar-refractivity contribution in [1.82, 2.24) is 0 Å². The van der Waals surface area contributed by atoms with Gasteiger partial charge in [0.15, 0.2) is 0 Å². The van der Waals surface area contributed by atoms with E-state index in [1.807, 2.05) is 0 Å². The van der Waals surface area contributed by atoms with Gasteiger partial charge in [-0.2, -0.15) is 0 Å². The van der Waals surface area contributed by atoms with Gasteiger partial charge in [0, 0.05) is 6.92 Å². The standard InChI is InChI=1S/C4H11O4P.C4H6O2/c1-3-7-9(5,6)8-4-2;1-3-6-4(2)5/h3-4H2,1-2H3,(H,5,6);3H,1H2,2H3. The predicted octanol–water partition coefficient (Wildman–Crippen LogP) is 1.85. The normalized spacial score (nSPS) is 9.87. The first-order valence-corrected chi connectivity index (χ1v) is 5.79. The fourth-order valence-electron chi connectivity index (χ4n) is 0.481. The number of rotatable bonds is 5. The zero-order valence-electron chi connectivity index (χ0n) is 9.13. The van der Waals surface area contributed by atoms with E-state index in [2.05, 4.69) is 20.4 Å². The third kappa shape index (κ3) is 16.0. The summed E-state index contributed by atoms with van der Waals surface area (Å²) in [4.78, 5) is 18.4. The van der Waals surface area contributed by atoms with Crippen molar-refractivity contribution in [2.45, 2.75) is 20.8 Å². The number of hydrogen-bond acceptors (Lipinski definition) is 5. The molecule has 0 heterocycles. The minimum atomic E-state index is -3.69. The van der Waals surface area contributed by atoms with Gasteiger partial charge in [-0.1, -0.05) is 6.58 Å². The fourth-order valence-corrected chi connectivity index (χ4v) is 1.21. The first-order valence-electron chi connectivity index (χ1n) is 4.29. The number of hydrogen-bond donors (Lipinski definition) is 1. The zero-order chi connectivity index (χ0) is 12.3. The quantitative estimate of drug-likeness (QED) is 0.448. The van der Waals surface area contributed by atoms with Crippen molar-refractivity contribution in [3.8, 4) is 0 Å². The van der Waals surface area contributed by atoms with Gasteiger partial charge in [0.25, 0.3) is 0 Å². The molecule has 6 nitrogen and oxygen atoms in total. The van der Waals surface area contributed by atoms with E-state index < -0.39 is 7.82 Å². The molecule has 0 saturated carbocycles. The Kier molecular flexibility index (Phi) is 11.0. The van der Waals surface area contributed by atoms with Crippen LogP contribution in [0.25, 0.3) is 0 Å². The number of esters is 1. The first kappa shape index (κ1) is 16.7. The molecule has 0 spiro atoms.